The molecule has 0 saturated carbocycles. The minimum atomic E-state index is 0. The number of hydrogen-bond donors (Lipinski definition) is 0. The van der Waals surface area contributed by atoms with E-state index in [1.54, 1.807) is 16.8 Å². The van der Waals surface area contributed by atoms with Crippen molar-refractivity contribution >= 4 is 23.2 Å². The molecule has 6 rings (SSSR count). The first-order valence-electron chi connectivity index (χ1n) is 11.3. The molecule has 0 aliphatic rings. The van der Waals surface area contributed by atoms with Crippen molar-refractivity contribution in [2.45, 2.75) is 20.3 Å². The van der Waals surface area contributed by atoms with Crippen LogP contribution in [0.5, 0.6) is 0 Å². The summed E-state index contributed by atoms with van der Waals surface area (Å²) in [5.74, 6) is 0. The van der Waals surface area contributed by atoms with Crippen LogP contribution in [-0.2, 0) is 39.1 Å². The summed E-state index contributed by atoms with van der Waals surface area (Å²) in [6, 6.07) is 17.5. The van der Waals surface area contributed by atoms with Gasteiger partial charge in [0.2, 0.25) is 0 Å². The molecule has 0 N–H and O–H groups in total. The van der Waals surface area contributed by atoms with Gasteiger partial charge in [-0.1, -0.05) is 32.0 Å². The van der Waals surface area contributed by atoms with Crippen molar-refractivity contribution in [1.82, 2.24) is 28.2 Å². The zero-order valence-corrected chi connectivity index (χ0v) is 23.7. The van der Waals surface area contributed by atoms with E-state index >= 15 is 0 Å². The third-order valence-corrected chi connectivity index (χ3v) is 4.62. The maximum atomic E-state index is 10.4. The van der Waals surface area contributed by atoms with E-state index < -0.39 is 0 Å². The van der Waals surface area contributed by atoms with Crippen LogP contribution in [0.4, 0.5) is 0 Å². The first-order chi connectivity index (χ1) is 17.3. The monoisotopic (exact) mass is 556 g/mol. The Bertz CT molecular complexity index is 1410. The Morgan fingerprint density at radius 2 is 1.33 bits per heavy atom. The van der Waals surface area contributed by atoms with Crippen LogP contribution in [0.2, 0.25) is 0 Å². The van der Waals surface area contributed by atoms with Crippen molar-refractivity contribution in [2.75, 3.05) is 0 Å². The Morgan fingerprint density at radius 3 is 1.94 bits per heavy atom. The first kappa shape index (κ1) is 30.6. The standard InChI is InChI=1S/C9H9N2.C8H6N2O.C7H6N2.C2H6.C2H4.Y/c1-2-8-7-10-9-5-3-4-6-11(8)9;11-6-7-5-9-8-3-1-2-4-10(7)8;1-2-5-9-6-4-8-7(9)3-1;2*1-2;/h3-7H,1-2H2;1-6H;1-6H;1-2H3;1-2H2;/q-1;;;;;. The number of nitrogens with zero attached hydrogens (tertiary/aromatic N) is 6. The van der Waals surface area contributed by atoms with Crippen LogP contribution in [-0.4, -0.2) is 34.4 Å². The van der Waals surface area contributed by atoms with Crippen LogP contribution in [0.3, 0.4) is 0 Å². The van der Waals surface area contributed by atoms with Crippen LogP contribution < -0.4 is 0 Å². The molecule has 0 aliphatic carbocycles. The van der Waals surface area contributed by atoms with Crippen molar-refractivity contribution < 1.29 is 37.5 Å². The fourth-order valence-electron chi connectivity index (χ4n) is 3.07. The van der Waals surface area contributed by atoms with Crippen LogP contribution in [0.1, 0.15) is 30.0 Å². The second-order valence-corrected chi connectivity index (χ2v) is 6.55. The number of fused-ring (bicyclic) bond motifs is 3. The SMILES string of the molecule is C=C.CC.O=Cc1cnc2ccccn12.[CH2-]Cc1cnc2ccccn12.[Y].c1ccn2ccnc2c1. The minimum Gasteiger partial charge on any atom is -0.338 e. The number of rotatable bonds is 2. The molecule has 36 heavy (non-hydrogen) atoms. The molecule has 6 aromatic rings. The number of pyridine rings is 3. The maximum Gasteiger partial charge on any atom is 0.168 e. The van der Waals surface area contributed by atoms with Gasteiger partial charge in [-0.05, 0) is 36.4 Å². The van der Waals surface area contributed by atoms with E-state index in [2.05, 4.69) is 35.0 Å². The molecule has 0 unspecified atom stereocenters. The maximum absolute atomic E-state index is 10.4. The van der Waals surface area contributed by atoms with E-state index in [9.17, 15) is 4.79 Å². The first-order valence-corrected chi connectivity index (χ1v) is 11.3. The molecular weight excluding hydrogens is 525 g/mol. The van der Waals surface area contributed by atoms with Crippen molar-refractivity contribution in [3.05, 3.63) is 129 Å². The second-order valence-electron chi connectivity index (χ2n) is 6.55. The molecule has 0 aromatic carbocycles. The molecule has 1 radical (unpaired) electrons. The summed E-state index contributed by atoms with van der Waals surface area (Å²) in [6.07, 6.45) is 14.5. The van der Waals surface area contributed by atoms with Crippen molar-refractivity contribution in [3.63, 3.8) is 0 Å². The third-order valence-electron chi connectivity index (χ3n) is 4.62. The quantitative estimate of drug-likeness (QED) is 0.149. The summed E-state index contributed by atoms with van der Waals surface area (Å²) in [5.41, 5.74) is 4.53. The summed E-state index contributed by atoms with van der Waals surface area (Å²) < 4.78 is 5.76. The zero-order valence-electron chi connectivity index (χ0n) is 20.8. The van der Waals surface area contributed by atoms with Crippen LogP contribution in [0.25, 0.3) is 16.9 Å². The second kappa shape index (κ2) is 17.1. The van der Waals surface area contributed by atoms with Crippen LogP contribution in [0, 0.1) is 6.92 Å². The molecular formula is C28H31N6OY-. The average molecular weight is 557 g/mol. The van der Waals surface area contributed by atoms with E-state index in [0.29, 0.717) is 5.69 Å². The van der Waals surface area contributed by atoms with Gasteiger partial charge in [-0.15, -0.1) is 19.6 Å². The minimum absolute atomic E-state index is 0. The van der Waals surface area contributed by atoms with Gasteiger partial charge in [0.15, 0.2) is 6.29 Å². The Kier molecular flexibility index (Phi) is 14.5. The molecule has 6 aromatic heterocycles. The number of carbonyl (C=O) groups is 1. The molecule has 0 fully saturated rings. The van der Waals surface area contributed by atoms with Gasteiger partial charge in [-0.2, -0.15) is 0 Å². The van der Waals surface area contributed by atoms with E-state index in [4.69, 9.17) is 0 Å². The molecule has 0 atom stereocenters. The number of imidazole rings is 3. The summed E-state index contributed by atoms with van der Waals surface area (Å²) in [4.78, 5) is 22.7. The predicted octanol–water partition coefficient (Wildman–Crippen LogP) is 6.02. The van der Waals surface area contributed by atoms with Gasteiger partial charge in [-0.25, -0.2) is 15.0 Å². The van der Waals surface area contributed by atoms with E-state index in [0.717, 1.165) is 35.3 Å². The van der Waals surface area contributed by atoms with Gasteiger partial charge in [0.1, 0.15) is 22.6 Å². The molecule has 0 amide bonds. The number of carbonyl (C=O) groups excluding carboxylic acids is 1. The molecule has 0 bridgehead atoms. The van der Waals surface area contributed by atoms with Gasteiger partial charge in [0, 0.05) is 75.6 Å². The van der Waals surface area contributed by atoms with E-state index in [-0.39, 0.29) is 32.7 Å². The molecule has 7 nitrogen and oxygen atoms in total. The number of hydrogen-bond acceptors (Lipinski definition) is 4. The smallest absolute Gasteiger partial charge is 0.168 e. The average Bonchev–Trinajstić information content (AvgIpc) is 3.69. The van der Waals surface area contributed by atoms with Crippen LogP contribution >= 0.6 is 0 Å². The van der Waals surface area contributed by atoms with Gasteiger partial charge >= 0.3 is 0 Å². The largest absolute Gasteiger partial charge is 0.338 e. The Labute approximate surface area is 237 Å². The van der Waals surface area contributed by atoms with Crippen molar-refractivity contribution in [1.29, 1.82) is 0 Å². The molecule has 0 spiro atoms. The van der Waals surface area contributed by atoms with Crippen molar-refractivity contribution in [3.8, 4) is 0 Å². The Balaban J connectivity index is 0.000000250. The normalized spacial score (nSPS) is 9.19. The summed E-state index contributed by atoms with van der Waals surface area (Å²) in [6.45, 7) is 13.8. The van der Waals surface area contributed by atoms with E-state index in [1.807, 2.05) is 108 Å². The summed E-state index contributed by atoms with van der Waals surface area (Å²) in [7, 11) is 0. The fourth-order valence-corrected chi connectivity index (χ4v) is 3.07. The summed E-state index contributed by atoms with van der Waals surface area (Å²) >= 11 is 0. The Hall–Kier alpha value is -3.42. The summed E-state index contributed by atoms with van der Waals surface area (Å²) in [5, 5.41) is 0. The van der Waals surface area contributed by atoms with Crippen LogP contribution in [0.15, 0.2) is 111 Å². The molecule has 0 saturated heterocycles. The fraction of sp³-hybridized carbons (Fsp3) is 0.107. The zero-order chi connectivity index (χ0) is 25.5. The third kappa shape index (κ3) is 8.07. The topological polar surface area (TPSA) is 69.0 Å². The van der Waals surface area contributed by atoms with Gasteiger partial charge in [0.05, 0.1) is 6.20 Å². The van der Waals surface area contributed by atoms with Crippen molar-refractivity contribution in [2.24, 2.45) is 0 Å². The Morgan fingerprint density at radius 1 is 0.778 bits per heavy atom. The number of aldehydes is 1. The number of aromatic nitrogens is 6. The van der Waals surface area contributed by atoms with E-state index in [1.165, 1.54) is 0 Å². The molecule has 8 heteroatoms. The van der Waals surface area contributed by atoms with Gasteiger partial charge in [0.25, 0.3) is 0 Å². The van der Waals surface area contributed by atoms with Gasteiger partial charge < -0.3 is 15.7 Å². The predicted molar refractivity (Wildman–Crippen MR) is 143 cm³/mol. The molecule has 6 heterocycles. The molecule has 0 aliphatic heterocycles. The van der Waals surface area contributed by atoms with Gasteiger partial charge in [-0.3, -0.25) is 9.20 Å². The molecule has 183 valence electrons.